The Morgan fingerprint density at radius 2 is 1.67 bits per heavy atom. The summed E-state index contributed by atoms with van der Waals surface area (Å²) < 4.78 is 0. The first-order valence-corrected chi connectivity index (χ1v) is 9.57. The van der Waals surface area contributed by atoms with Crippen molar-refractivity contribution in [2.24, 2.45) is 0 Å². The van der Waals surface area contributed by atoms with E-state index in [0.717, 1.165) is 24.3 Å². The van der Waals surface area contributed by atoms with Gasteiger partial charge >= 0.3 is 0 Å². The van der Waals surface area contributed by atoms with Crippen LogP contribution < -0.4 is 10.6 Å². The third kappa shape index (κ3) is 5.21. The van der Waals surface area contributed by atoms with E-state index in [9.17, 15) is 9.59 Å². The van der Waals surface area contributed by atoms with Crippen molar-refractivity contribution < 1.29 is 9.59 Å². The first-order chi connectivity index (χ1) is 13.2. The van der Waals surface area contributed by atoms with Crippen LogP contribution in [0.25, 0.3) is 0 Å². The monoisotopic (exact) mass is 380 g/mol. The van der Waals surface area contributed by atoms with Crippen molar-refractivity contribution in [3.05, 3.63) is 70.7 Å². The summed E-state index contributed by atoms with van der Waals surface area (Å²) in [5.74, 6) is -0.512. The van der Waals surface area contributed by atoms with E-state index in [1.165, 1.54) is 11.3 Å². The van der Waals surface area contributed by atoms with Crippen LogP contribution in [0, 0.1) is 0 Å². The Bertz CT molecular complexity index is 924. The number of rotatable bonds is 7. The Kier molecular flexibility index (Phi) is 6.27. The van der Waals surface area contributed by atoms with E-state index >= 15 is 0 Å². The number of amides is 2. The lowest BCUT2D eigenvalue weighted by molar-refractivity contribution is 0.101. The number of anilines is 2. The first-order valence-electron chi connectivity index (χ1n) is 8.76. The summed E-state index contributed by atoms with van der Waals surface area (Å²) in [6.45, 7) is 2.12. The van der Waals surface area contributed by atoms with E-state index in [1.807, 2.05) is 6.07 Å². The zero-order valence-electron chi connectivity index (χ0n) is 14.9. The number of nitrogens with one attached hydrogen (secondary N) is 2. The molecule has 2 aromatic carbocycles. The van der Waals surface area contributed by atoms with Crippen LogP contribution in [0.3, 0.4) is 0 Å². The number of carbonyl (C=O) groups excluding carboxylic acids is 2. The van der Waals surface area contributed by atoms with Gasteiger partial charge in [0.1, 0.15) is 5.01 Å². The number of hydrogen-bond acceptors (Lipinski definition) is 5. The molecule has 138 valence electrons. The zero-order chi connectivity index (χ0) is 19.1. The van der Waals surface area contributed by atoms with E-state index in [2.05, 4.69) is 27.8 Å². The molecular formula is C20H20N4O2S. The van der Waals surface area contributed by atoms with Gasteiger partial charge in [0.2, 0.25) is 5.13 Å². The highest BCUT2D eigenvalue weighted by Crippen LogP contribution is 2.19. The molecule has 0 fully saturated rings. The van der Waals surface area contributed by atoms with Crippen molar-refractivity contribution in [2.75, 3.05) is 10.6 Å². The number of nitrogens with zero attached hydrogens (tertiary/aromatic N) is 2. The molecule has 6 nitrogen and oxygen atoms in total. The molecule has 2 amide bonds. The van der Waals surface area contributed by atoms with Gasteiger partial charge in [0, 0.05) is 23.2 Å². The molecule has 0 radical (unpaired) electrons. The molecule has 7 heteroatoms. The molecule has 0 spiro atoms. The molecule has 0 saturated heterocycles. The molecule has 27 heavy (non-hydrogen) atoms. The SMILES string of the molecule is CCCCc1nnc(NC(=O)c2cccc(NC(=O)c3ccccc3)c2)s1. The van der Waals surface area contributed by atoms with E-state index < -0.39 is 0 Å². The second-order valence-electron chi connectivity index (χ2n) is 5.96. The van der Waals surface area contributed by atoms with Crippen molar-refractivity contribution in [2.45, 2.75) is 26.2 Å². The van der Waals surface area contributed by atoms with Gasteiger partial charge < -0.3 is 5.32 Å². The van der Waals surface area contributed by atoms with Crippen LogP contribution in [0.4, 0.5) is 10.8 Å². The lowest BCUT2D eigenvalue weighted by Crippen LogP contribution is -2.14. The minimum absolute atomic E-state index is 0.224. The quantitative estimate of drug-likeness (QED) is 0.637. The average Bonchev–Trinajstić information content (AvgIpc) is 3.14. The fraction of sp³-hybridized carbons (Fsp3) is 0.200. The minimum Gasteiger partial charge on any atom is -0.322 e. The topological polar surface area (TPSA) is 84.0 Å². The third-order valence-electron chi connectivity index (χ3n) is 3.85. The molecule has 2 N–H and O–H groups in total. The molecule has 3 rings (SSSR count). The van der Waals surface area contributed by atoms with E-state index in [-0.39, 0.29) is 11.8 Å². The summed E-state index contributed by atoms with van der Waals surface area (Å²) in [6, 6.07) is 15.7. The van der Waals surface area contributed by atoms with Crippen LogP contribution in [-0.2, 0) is 6.42 Å². The first kappa shape index (κ1) is 18.7. The Morgan fingerprint density at radius 1 is 0.926 bits per heavy atom. The van der Waals surface area contributed by atoms with Crippen molar-refractivity contribution in [1.82, 2.24) is 10.2 Å². The average molecular weight is 380 g/mol. The highest BCUT2D eigenvalue weighted by Gasteiger charge is 2.12. The standard InChI is InChI=1S/C20H20N4O2S/c1-2-3-12-17-23-24-20(27-17)22-19(26)15-10-7-11-16(13-15)21-18(25)14-8-5-4-6-9-14/h4-11,13H,2-3,12H2,1H3,(H,21,25)(H,22,24,26). The molecule has 0 aliphatic carbocycles. The van der Waals surface area contributed by atoms with Gasteiger partial charge in [-0.3, -0.25) is 14.9 Å². The summed E-state index contributed by atoms with van der Waals surface area (Å²) in [5.41, 5.74) is 1.55. The summed E-state index contributed by atoms with van der Waals surface area (Å²) in [7, 11) is 0. The van der Waals surface area contributed by atoms with Gasteiger partial charge in [-0.25, -0.2) is 0 Å². The molecule has 0 bridgehead atoms. The Balaban J connectivity index is 1.65. The maximum Gasteiger partial charge on any atom is 0.257 e. The van der Waals surface area contributed by atoms with Crippen LogP contribution in [0.5, 0.6) is 0 Å². The summed E-state index contributed by atoms with van der Waals surface area (Å²) in [6.07, 6.45) is 3.00. The van der Waals surface area contributed by atoms with Crippen molar-refractivity contribution in [1.29, 1.82) is 0 Å². The third-order valence-corrected chi connectivity index (χ3v) is 4.75. The van der Waals surface area contributed by atoms with Gasteiger partial charge in [0.05, 0.1) is 0 Å². The lowest BCUT2D eigenvalue weighted by Gasteiger charge is -2.07. The van der Waals surface area contributed by atoms with Gasteiger partial charge in [-0.05, 0) is 36.8 Å². The number of unbranched alkanes of at least 4 members (excludes halogenated alkanes) is 1. The summed E-state index contributed by atoms with van der Waals surface area (Å²) in [5, 5.41) is 15.1. The van der Waals surface area contributed by atoms with Gasteiger partial charge in [0.25, 0.3) is 11.8 Å². The van der Waals surface area contributed by atoms with Crippen LogP contribution in [0.15, 0.2) is 54.6 Å². The molecule has 0 saturated carbocycles. The molecule has 3 aromatic rings. The normalized spacial score (nSPS) is 10.4. The highest BCUT2D eigenvalue weighted by molar-refractivity contribution is 7.15. The molecular weight excluding hydrogens is 360 g/mol. The highest BCUT2D eigenvalue weighted by atomic mass is 32.1. The second-order valence-corrected chi connectivity index (χ2v) is 7.02. The van der Waals surface area contributed by atoms with Crippen LogP contribution >= 0.6 is 11.3 Å². The van der Waals surface area contributed by atoms with Crippen LogP contribution in [0.2, 0.25) is 0 Å². The van der Waals surface area contributed by atoms with E-state index in [0.29, 0.717) is 21.9 Å². The predicted octanol–water partition coefficient (Wildman–Crippen LogP) is 4.39. The fourth-order valence-corrected chi connectivity index (χ4v) is 3.21. The van der Waals surface area contributed by atoms with Gasteiger partial charge in [-0.15, -0.1) is 10.2 Å². The van der Waals surface area contributed by atoms with Gasteiger partial charge in [-0.2, -0.15) is 0 Å². The summed E-state index contributed by atoms with van der Waals surface area (Å²) in [4.78, 5) is 24.7. The second kappa shape index (κ2) is 9.05. The van der Waals surface area contributed by atoms with Crippen LogP contribution in [-0.4, -0.2) is 22.0 Å². The summed E-state index contributed by atoms with van der Waals surface area (Å²) >= 11 is 1.38. The molecule has 0 aliphatic heterocycles. The molecule has 0 unspecified atom stereocenters. The van der Waals surface area contributed by atoms with Crippen molar-refractivity contribution in [3.63, 3.8) is 0 Å². The minimum atomic E-state index is -0.288. The van der Waals surface area contributed by atoms with Gasteiger partial charge in [0.15, 0.2) is 0 Å². The van der Waals surface area contributed by atoms with E-state index in [4.69, 9.17) is 0 Å². The number of benzene rings is 2. The largest absolute Gasteiger partial charge is 0.322 e. The number of carbonyl (C=O) groups is 2. The maximum atomic E-state index is 12.5. The molecule has 0 atom stereocenters. The molecule has 0 aliphatic rings. The number of hydrogen-bond donors (Lipinski definition) is 2. The Hall–Kier alpha value is -3.06. The molecule has 1 heterocycles. The molecule has 1 aromatic heterocycles. The zero-order valence-corrected chi connectivity index (χ0v) is 15.8. The van der Waals surface area contributed by atoms with Crippen LogP contribution in [0.1, 0.15) is 45.5 Å². The maximum absolute atomic E-state index is 12.5. The van der Waals surface area contributed by atoms with Gasteiger partial charge in [-0.1, -0.05) is 48.9 Å². The van der Waals surface area contributed by atoms with E-state index in [1.54, 1.807) is 48.5 Å². The number of aryl methyl sites for hydroxylation is 1. The fourth-order valence-electron chi connectivity index (χ4n) is 2.43. The Morgan fingerprint density at radius 3 is 2.44 bits per heavy atom. The number of aromatic nitrogens is 2. The van der Waals surface area contributed by atoms with Crippen molar-refractivity contribution >= 4 is 34.0 Å². The predicted molar refractivity (Wildman–Crippen MR) is 107 cm³/mol. The van der Waals surface area contributed by atoms with Crippen molar-refractivity contribution in [3.8, 4) is 0 Å². The Labute approximate surface area is 161 Å². The smallest absolute Gasteiger partial charge is 0.257 e. The lowest BCUT2D eigenvalue weighted by atomic mass is 10.1.